The maximum absolute atomic E-state index is 12.7. The van der Waals surface area contributed by atoms with Crippen molar-refractivity contribution in [2.24, 2.45) is 17.3 Å². The Morgan fingerprint density at radius 2 is 2.21 bits per heavy atom. The highest BCUT2D eigenvalue weighted by molar-refractivity contribution is 5.84. The first-order chi connectivity index (χ1) is 8.95. The summed E-state index contributed by atoms with van der Waals surface area (Å²) in [6.07, 6.45) is 2.04. The highest BCUT2D eigenvalue weighted by Crippen LogP contribution is 2.34. The third-order valence-corrected chi connectivity index (χ3v) is 5.17. The summed E-state index contributed by atoms with van der Waals surface area (Å²) in [5, 5.41) is 6.71. The van der Waals surface area contributed by atoms with Crippen LogP contribution in [-0.4, -0.2) is 50.1 Å². The lowest BCUT2D eigenvalue weighted by atomic mass is 9.75. The van der Waals surface area contributed by atoms with E-state index >= 15 is 0 Å². The highest BCUT2D eigenvalue weighted by atomic mass is 16.2. The minimum Gasteiger partial charge on any atom is -0.352 e. The second-order valence-electron chi connectivity index (χ2n) is 6.85. The molecule has 2 saturated heterocycles. The summed E-state index contributed by atoms with van der Waals surface area (Å²) in [4.78, 5) is 15.1. The highest BCUT2D eigenvalue weighted by Gasteiger charge is 2.44. The second-order valence-corrected chi connectivity index (χ2v) is 6.85. The average molecular weight is 267 g/mol. The third-order valence-electron chi connectivity index (χ3n) is 5.17. The van der Waals surface area contributed by atoms with Gasteiger partial charge in [0.25, 0.3) is 0 Å². The number of hydrogen-bond acceptors (Lipinski definition) is 3. The van der Waals surface area contributed by atoms with Gasteiger partial charge in [-0.15, -0.1) is 0 Å². The van der Waals surface area contributed by atoms with Crippen LogP contribution in [0.5, 0.6) is 0 Å². The number of nitrogens with one attached hydrogen (secondary N) is 2. The van der Waals surface area contributed by atoms with E-state index in [-0.39, 0.29) is 11.3 Å². The number of likely N-dealkylation sites (tertiary alicyclic amines) is 1. The molecule has 0 spiro atoms. The number of rotatable bonds is 3. The molecule has 0 saturated carbocycles. The Hall–Kier alpha value is -0.610. The Bertz CT molecular complexity index is 323. The van der Waals surface area contributed by atoms with Crippen LogP contribution in [0.15, 0.2) is 0 Å². The SMILES string of the molecule is CC1CN(C)CCC1NC(=O)C1(C(C)C)CCNC1. The van der Waals surface area contributed by atoms with Gasteiger partial charge in [-0.3, -0.25) is 4.79 Å². The number of carbonyl (C=O) groups is 1. The molecule has 2 N–H and O–H groups in total. The van der Waals surface area contributed by atoms with E-state index < -0.39 is 0 Å². The number of nitrogens with zero attached hydrogens (tertiary/aromatic N) is 1. The molecule has 3 unspecified atom stereocenters. The van der Waals surface area contributed by atoms with Gasteiger partial charge in [0.15, 0.2) is 0 Å². The van der Waals surface area contributed by atoms with Gasteiger partial charge in [0.1, 0.15) is 0 Å². The summed E-state index contributed by atoms with van der Waals surface area (Å²) in [6, 6.07) is 0.347. The number of piperidine rings is 1. The Balaban J connectivity index is 2.00. The average Bonchev–Trinajstić information content (AvgIpc) is 2.83. The van der Waals surface area contributed by atoms with E-state index in [9.17, 15) is 4.79 Å². The van der Waals surface area contributed by atoms with Crippen LogP contribution in [0.2, 0.25) is 0 Å². The number of carbonyl (C=O) groups excluding carboxylic acids is 1. The molecule has 2 aliphatic rings. The third kappa shape index (κ3) is 2.95. The van der Waals surface area contributed by atoms with Crippen molar-refractivity contribution in [3.05, 3.63) is 0 Å². The van der Waals surface area contributed by atoms with Gasteiger partial charge < -0.3 is 15.5 Å². The van der Waals surface area contributed by atoms with Crippen LogP contribution in [0.3, 0.4) is 0 Å². The van der Waals surface area contributed by atoms with Crippen molar-refractivity contribution in [3.63, 3.8) is 0 Å². The van der Waals surface area contributed by atoms with Crippen LogP contribution in [0, 0.1) is 17.3 Å². The van der Waals surface area contributed by atoms with Crippen molar-refractivity contribution in [1.82, 2.24) is 15.5 Å². The molecule has 0 aliphatic carbocycles. The number of amides is 1. The Morgan fingerprint density at radius 1 is 1.47 bits per heavy atom. The first-order valence-electron chi connectivity index (χ1n) is 7.66. The summed E-state index contributed by atoms with van der Waals surface area (Å²) in [6.45, 7) is 10.6. The molecule has 110 valence electrons. The normalized spacial score (nSPS) is 36.7. The van der Waals surface area contributed by atoms with Crippen molar-refractivity contribution < 1.29 is 4.79 Å². The molecule has 4 heteroatoms. The van der Waals surface area contributed by atoms with Crippen LogP contribution < -0.4 is 10.6 Å². The zero-order chi connectivity index (χ0) is 14.0. The minimum atomic E-state index is -0.191. The molecule has 2 heterocycles. The Labute approximate surface area is 117 Å². The van der Waals surface area contributed by atoms with Gasteiger partial charge >= 0.3 is 0 Å². The van der Waals surface area contributed by atoms with Crippen molar-refractivity contribution in [2.75, 3.05) is 33.2 Å². The van der Waals surface area contributed by atoms with Gasteiger partial charge in [0, 0.05) is 19.1 Å². The van der Waals surface area contributed by atoms with E-state index in [1.807, 2.05) is 0 Å². The molecule has 2 fully saturated rings. The largest absolute Gasteiger partial charge is 0.352 e. The monoisotopic (exact) mass is 267 g/mol. The Morgan fingerprint density at radius 3 is 2.74 bits per heavy atom. The zero-order valence-electron chi connectivity index (χ0n) is 12.8. The fourth-order valence-electron chi connectivity index (χ4n) is 3.54. The molecule has 2 aliphatic heterocycles. The molecule has 2 rings (SSSR count). The lowest BCUT2D eigenvalue weighted by Crippen LogP contribution is -2.54. The van der Waals surface area contributed by atoms with Crippen molar-refractivity contribution >= 4 is 5.91 Å². The van der Waals surface area contributed by atoms with Crippen LogP contribution in [0.1, 0.15) is 33.6 Å². The van der Waals surface area contributed by atoms with Crippen molar-refractivity contribution in [2.45, 2.75) is 39.7 Å². The predicted molar refractivity (Wildman–Crippen MR) is 78.0 cm³/mol. The smallest absolute Gasteiger partial charge is 0.228 e. The zero-order valence-corrected chi connectivity index (χ0v) is 12.8. The van der Waals surface area contributed by atoms with E-state index in [4.69, 9.17) is 0 Å². The first kappa shape index (κ1) is 14.8. The lowest BCUT2D eigenvalue weighted by Gasteiger charge is -2.38. The fourth-order valence-corrected chi connectivity index (χ4v) is 3.54. The maximum atomic E-state index is 12.7. The van der Waals surface area contributed by atoms with Gasteiger partial charge in [0.2, 0.25) is 5.91 Å². The van der Waals surface area contributed by atoms with Crippen molar-refractivity contribution in [3.8, 4) is 0 Å². The van der Waals surface area contributed by atoms with Crippen LogP contribution in [0.25, 0.3) is 0 Å². The van der Waals surface area contributed by atoms with Gasteiger partial charge in [0.05, 0.1) is 5.41 Å². The molecule has 0 bridgehead atoms. The minimum absolute atomic E-state index is 0.191. The molecular weight excluding hydrogens is 238 g/mol. The van der Waals surface area contributed by atoms with Crippen molar-refractivity contribution in [1.29, 1.82) is 0 Å². The Kier molecular flexibility index (Phi) is 4.51. The molecule has 1 amide bonds. The standard InChI is InChI=1S/C15H29N3O/c1-11(2)15(6-7-16-10-15)14(19)17-13-5-8-18(4)9-12(13)3/h11-13,16H,5-10H2,1-4H3,(H,17,19). The molecule has 0 aromatic heterocycles. The molecule has 0 aromatic carbocycles. The first-order valence-corrected chi connectivity index (χ1v) is 7.66. The second kappa shape index (κ2) is 5.80. The van der Waals surface area contributed by atoms with Crippen LogP contribution in [-0.2, 0) is 4.79 Å². The summed E-state index contributed by atoms with van der Waals surface area (Å²) in [7, 11) is 2.16. The number of hydrogen-bond donors (Lipinski definition) is 2. The van der Waals surface area contributed by atoms with Gasteiger partial charge in [-0.05, 0) is 44.8 Å². The summed E-state index contributed by atoms with van der Waals surface area (Å²) in [5.41, 5.74) is -0.191. The summed E-state index contributed by atoms with van der Waals surface area (Å²) >= 11 is 0. The van der Waals surface area contributed by atoms with E-state index in [0.29, 0.717) is 17.9 Å². The van der Waals surface area contributed by atoms with E-state index in [1.54, 1.807) is 0 Å². The molecule has 4 nitrogen and oxygen atoms in total. The van der Waals surface area contributed by atoms with E-state index in [0.717, 1.165) is 39.0 Å². The summed E-state index contributed by atoms with van der Waals surface area (Å²) in [5.74, 6) is 1.21. The quantitative estimate of drug-likeness (QED) is 0.804. The molecule has 19 heavy (non-hydrogen) atoms. The van der Waals surface area contributed by atoms with Gasteiger partial charge in [-0.2, -0.15) is 0 Å². The van der Waals surface area contributed by atoms with Crippen LogP contribution >= 0.6 is 0 Å². The molecule has 0 radical (unpaired) electrons. The molecular formula is C15H29N3O. The van der Waals surface area contributed by atoms with E-state index in [2.05, 4.69) is 43.4 Å². The topological polar surface area (TPSA) is 44.4 Å². The van der Waals surface area contributed by atoms with Gasteiger partial charge in [-0.1, -0.05) is 20.8 Å². The van der Waals surface area contributed by atoms with E-state index in [1.165, 1.54) is 0 Å². The molecule has 3 atom stereocenters. The van der Waals surface area contributed by atoms with Crippen LogP contribution in [0.4, 0.5) is 0 Å². The summed E-state index contributed by atoms with van der Waals surface area (Å²) < 4.78 is 0. The fraction of sp³-hybridized carbons (Fsp3) is 0.933. The lowest BCUT2D eigenvalue weighted by molar-refractivity contribution is -0.134. The van der Waals surface area contributed by atoms with Gasteiger partial charge in [-0.25, -0.2) is 0 Å². The maximum Gasteiger partial charge on any atom is 0.228 e. The predicted octanol–water partition coefficient (Wildman–Crippen LogP) is 1.08. The molecule has 0 aromatic rings.